The Kier molecular flexibility index (Phi) is 4.77. The molecule has 0 atom stereocenters. The Bertz CT molecular complexity index is 44.9. The van der Waals surface area contributed by atoms with Crippen LogP contribution in [0.3, 0.4) is 0 Å². The molecule has 0 amide bonds. The van der Waals surface area contributed by atoms with Crippen LogP contribution >= 0.6 is 0 Å². The van der Waals surface area contributed by atoms with Crippen LogP contribution in [0.1, 0.15) is 13.8 Å². The summed E-state index contributed by atoms with van der Waals surface area (Å²) in [6.07, 6.45) is 3.53. The van der Waals surface area contributed by atoms with Crippen LogP contribution in [0.4, 0.5) is 0 Å². The summed E-state index contributed by atoms with van der Waals surface area (Å²) in [5.74, 6) is 0. The molecule has 1 aliphatic heterocycles. The van der Waals surface area contributed by atoms with Crippen molar-refractivity contribution < 1.29 is 0 Å². The van der Waals surface area contributed by atoms with Crippen LogP contribution in [0.2, 0.25) is 0 Å². The molecule has 3 nitrogen and oxygen atoms in total. The van der Waals surface area contributed by atoms with Crippen molar-refractivity contribution in [1.82, 2.24) is 16.4 Å². The van der Waals surface area contributed by atoms with Gasteiger partial charge in [-0.2, -0.15) is 5.53 Å². The van der Waals surface area contributed by atoms with E-state index in [4.69, 9.17) is 0 Å². The van der Waals surface area contributed by atoms with Crippen molar-refractivity contribution >= 4 is 0 Å². The van der Waals surface area contributed by atoms with Crippen LogP contribution in [-0.4, -0.2) is 0 Å². The molecular formula is C4H11N3. The Morgan fingerprint density at radius 3 is 1.57 bits per heavy atom. The fourth-order valence-corrected chi connectivity index (χ4v) is 0.208. The van der Waals surface area contributed by atoms with Gasteiger partial charge in [0, 0.05) is 12.4 Å². The predicted octanol–water partition coefficient (Wildman–Crippen LogP) is 0.0962. The molecule has 0 radical (unpaired) electrons. The first-order valence-electron chi connectivity index (χ1n) is 2.41. The van der Waals surface area contributed by atoms with Gasteiger partial charge in [0.15, 0.2) is 0 Å². The van der Waals surface area contributed by atoms with Crippen molar-refractivity contribution in [3.8, 4) is 0 Å². The van der Waals surface area contributed by atoms with E-state index in [1.807, 2.05) is 13.8 Å². The van der Waals surface area contributed by atoms with Gasteiger partial charge in [0.2, 0.25) is 0 Å². The molecule has 3 N–H and O–H groups in total. The first kappa shape index (κ1) is 6.30. The molecule has 0 unspecified atom stereocenters. The fraction of sp³-hybridized carbons (Fsp3) is 0.500. The SMILES string of the molecule is C1=CNNN1.CC. The van der Waals surface area contributed by atoms with Gasteiger partial charge in [-0.3, -0.25) is 0 Å². The normalized spacial score (nSPS) is 13.4. The third kappa shape index (κ3) is 3.12. The average Bonchev–Trinajstić information content (AvgIpc) is 2.23. The summed E-state index contributed by atoms with van der Waals surface area (Å²) in [5.41, 5.74) is 7.97. The molecule has 0 saturated heterocycles. The molecule has 0 aromatic carbocycles. The van der Waals surface area contributed by atoms with E-state index in [0.717, 1.165) is 0 Å². The van der Waals surface area contributed by atoms with Gasteiger partial charge >= 0.3 is 0 Å². The number of hydrogen-bond acceptors (Lipinski definition) is 3. The Morgan fingerprint density at radius 1 is 1.00 bits per heavy atom. The van der Waals surface area contributed by atoms with E-state index in [1.54, 1.807) is 12.4 Å². The summed E-state index contributed by atoms with van der Waals surface area (Å²) >= 11 is 0. The summed E-state index contributed by atoms with van der Waals surface area (Å²) < 4.78 is 0. The fourth-order valence-electron chi connectivity index (χ4n) is 0.208. The summed E-state index contributed by atoms with van der Waals surface area (Å²) in [7, 11) is 0. The van der Waals surface area contributed by atoms with Gasteiger partial charge in [0.25, 0.3) is 0 Å². The number of nitrogens with one attached hydrogen (secondary N) is 3. The number of hydrogen-bond donors (Lipinski definition) is 3. The molecule has 0 bridgehead atoms. The maximum atomic E-state index is 2.68. The maximum Gasteiger partial charge on any atom is 0.0315 e. The molecular weight excluding hydrogens is 90.1 g/mol. The zero-order valence-corrected chi connectivity index (χ0v) is 4.65. The third-order valence-electron chi connectivity index (χ3n) is 0.394. The van der Waals surface area contributed by atoms with E-state index in [2.05, 4.69) is 16.4 Å². The molecule has 3 heteroatoms. The zero-order chi connectivity index (χ0) is 5.54. The maximum absolute atomic E-state index is 2.68. The third-order valence-corrected chi connectivity index (χ3v) is 0.394. The second-order valence-corrected chi connectivity index (χ2v) is 0.747. The predicted molar refractivity (Wildman–Crippen MR) is 29.9 cm³/mol. The van der Waals surface area contributed by atoms with Crippen molar-refractivity contribution in [2.75, 3.05) is 0 Å². The Morgan fingerprint density at radius 2 is 1.43 bits per heavy atom. The van der Waals surface area contributed by atoms with Crippen LogP contribution in [-0.2, 0) is 0 Å². The standard InChI is InChI=1S/C2H5N3.C2H6/c1-2-4-5-3-1;1-2/h1-5H;1-2H3. The monoisotopic (exact) mass is 101 g/mol. The smallest absolute Gasteiger partial charge is 0.0315 e. The average molecular weight is 101 g/mol. The molecule has 1 rings (SSSR count). The van der Waals surface area contributed by atoms with Gasteiger partial charge in [-0.1, -0.05) is 13.8 Å². The lowest BCUT2D eigenvalue weighted by molar-refractivity contribution is 0.614. The topological polar surface area (TPSA) is 36.1 Å². The molecule has 1 aliphatic rings. The van der Waals surface area contributed by atoms with Gasteiger partial charge in [0.1, 0.15) is 0 Å². The van der Waals surface area contributed by atoms with Gasteiger partial charge in [0.05, 0.1) is 0 Å². The van der Waals surface area contributed by atoms with Crippen LogP contribution in [0.15, 0.2) is 12.4 Å². The molecule has 0 aromatic heterocycles. The Labute approximate surface area is 43.7 Å². The van der Waals surface area contributed by atoms with Crippen LogP contribution < -0.4 is 16.4 Å². The minimum atomic E-state index is 1.76. The summed E-state index contributed by atoms with van der Waals surface area (Å²) in [6, 6.07) is 0. The minimum absolute atomic E-state index is 1.76. The first-order valence-corrected chi connectivity index (χ1v) is 2.41. The van der Waals surface area contributed by atoms with Crippen molar-refractivity contribution in [1.29, 1.82) is 0 Å². The van der Waals surface area contributed by atoms with Gasteiger partial charge in [-0.15, -0.1) is 0 Å². The molecule has 0 aliphatic carbocycles. The van der Waals surface area contributed by atoms with Gasteiger partial charge < -0.3 is 10.9 Å². The first-order chi connectivity index (χ1) is 3.50. The van der Waals surface area contributed by atoms with Gasteiger partial charge in [-0.25, -0.2) is 0 Å². The van der Waals surface area contributed by atoms with Crippen molar-refractivity contribution in [3.63, 3.8) is 0 Å². The summed E-state index contributed by atoms with van der Waals surface area (Å²) in [6.45, 7) is 4.00. The van der Waals surface area contributed by atoms with Crippen molar-refractivity contribution in [3.05, 3.63) is 12.4 Å². The molecule has 7 heavy (non-hydrogen) atoms. The lowest BCUT2D eigenvalue weighted by Gasteiger charge is -1.86. The highest BCUT2D eigenvalue weighted by molar-refractivity contribution is 4.77. The second-order valence-electron chi connectivity index (χ2n) is 0.747. The van der Waals surface area contributed by atoms with Crippen LogP contribution in [0.5, 0.6) is 0 Å². The number of rotatable bonds is 0. The lowest BCUT2D eigenvalue weighted by Crippen LogP contribution is -2.29. The molecule has 0 fully saturated rings. The van der Waals surface area contributed by atoms with E-state index in [9.17, 15) is 0 Å². The summed E-state index contributed by atoms with van der Waals surface area (Å²) in [4.78, 5) is 0. The Hall–Kier alpha value is -0.700. The number of hydrazine groups is 2. The molecule has 0 saturated carbocycles. The van der Waals surface area contributed by atoms with E-state index in [-0.39, 0.29) is 0 Å². The van der Waals surface area contributed by atoms with Crippen LogP contribution in [0, 0.1) is 0 Å². The molecule has 1 heterocycles. The minimum Gasteiger partial charge on any atom is -0.310 e. The van der Waals surface area contributed by atoms with Crippen molar-refractivity contribution in [2.45, 2.75) is 13.8 Å². The Balaban J connectivity index is 0.000000162. The zero-order valence-electron chi connectivity index (χ0n) is 4.65. The molecule has 0 aromatic rings. The second kappa shape index (κ2) is 5.30. The van der Waals surface area contributed by atoms with E-state index < -0.39 is 0 Å². The summed E-state index contributed by atoms with van der Waals surface area (Å²) in [5, 5.41) is 0. The highest BCUT2D eigenvalue weighted by Crippen LogP contribution is 1.58. The van der Waals surface area contributed by atoms with E-state index >= 15 is 0 Å². The highest BCUT2D eigenvalue weighted by atomic mass is 15.6. The van der Waals surface area contributed by atoms with E-state index in [1.165, 1.54) is 0 Å². The lowest BCUT2D eigenvalue weighted by atomic mass is 11.0. The quantitative estimate of drug-likeness (QED) is 0.405. The van der Waals surface area contributed by atoms with Crippen molar-refractivity contribution in [2.24, 2.45) is 0 Å². The molecule has 42 valence electrons. The van der Waals surface area contributed by atoms with Crippen LogP contribution in [0.25, 0.3) is 0 Å². The van der Waals surface area contributed by atoms with Gasteiger partial charge in [-0.05, 0) is 0 Å². The highest BCUT2D eigenvalue weighted by Gasteiger charge is 1.74. The largest absolute Gasteiger partial charge is 0.310 e. The van der Waals surface area contributed by atoms with E-state index in [0.29, 0.717) is 0 Å². The molecule has 0 spiro atoms.